The topological polar surface area (TPSA) is 220 Å². The molecule has 13 nitrogen and oxygen atoms in total. The Kier molecular flexibility index (Phi) is 14.4. The van der Waals surface area contributed by atoms with E-state index in [1.54, 1.807) is 36.4 Å². The first-order chi connectivity index (χ1) is 39.8. The quantitative estimate of drug-likeness (QED) is 0.0521. The van der Waals surface area contributed by atoms with Crippen LogP contribution >= 0.6 is 0 Å². The number of allylic oxidation sites excluding steroid dienone is 1. The molecule has 426 valence electrons. The number of carbonyl (C=O) groups is 2. The van der Waals surface area contributed by atoms with Crippen molar-refractivity contribution in [2.24, 2.45) is 29.1 Å². The summed E-state index contributed by atoms with van der Waals surface area (Å²) < 4.78 is 6.57. The first-order valence-corrected chi connectivity index (χ1v) is 30.2. The van der Waals surface area contributed by atoms with Gasteiger partial charge in [-0.05, 0) is 176 Å². The molecule has 5 aromatic rings. The number of hydrogen-bond donors (Lipinski definition) is 10. The van der Waals surface area contributed by atoms with Gasteiger partial charge in [0.15, 0.2) is 17.3 Å². The molecule has 82 heavy (non-hydrogen) atoms. The molecular weight excluding hydrogens is 1030 g/mol. The molecule has 3 saturated carbocycles. The van der Waals surface area contributed by atoms with Crippen molar-refractivity contribution in [2.75, 3.05) is 25.5 Å². The van der Waals surface area contributed by atoms with Gasteiger partial charge in [0, 0.05) is 78.9 Å². The van der Waals surface area contributed by atoms with E-state index >= 15 is 9.59 Å². The highest BCUT2D eigenvalue weighted by Gasteiger charge is 2.62. The van der Waals surface area contributed by atoms with E-state index in [2.05, 4.69) is 50.3 Å². The number of aliphatic hydroxyl groups is 4. The first-order valence-electron chi connectivity index (χ1n) is 30.2. The van der Waals surface area contributed by atoms with E-state index in [9.17, 15) is 30.6 Å². The summed E-state index contributed by atoms with van der Waals surface area (Å²) in [6.45, 7) is -0.115. The molecule has 10 atom stereocenters. The number of aliphatic hydroxyl groups excluding tert-OH is 3. The molecule has 6 aliphatic carbocycles. The number of carbonyl (C=O) groups excluding carboxylic acids is 2. The summed E-state index contributed by atoms with van der Waals surface area (Å²) >= 11 is 0. The van der Waals surface area contributed by atoms with Gasteiger partial charge in [-0.2, -0.15) is 0 Å². The molecule has 4 heterocycles. The van der Waals surface area contributed by atoms with E-state index in [4.69, 9.17) is 4.74 Å². The summed E-state index contributed by atoms with van der Waals surface area (Å²) in [6.07, 6.45) is 15.2. The lowest BCUT2D eigenvalue weighted by Gasteiger charge is -2.45. The van der Waals surface area contributed by atoms with Gasteiger partial charge in [0.1, 0.15) is 29.5 Å². The Hall–Kier alpha value is -6.84. The maximum Gasteiger partial charge on any atom is 0.163 e. The monoisotopic (exact) mass is 1100 g/mol. The predicted molar refractivity (Wildman–Crippen MR) is 314 cm³/mol. The van der Waals surface area contributed by atoms with Crippen molar-refractivity contribution in [2.45, 2.75) is 157 Å². The summed E-state index contributed by atoms with van der Waals surface area (Å²) in [7, 11) is 1.87. The molecule has 0 saturated heterocycles. The summed E-state index contributed by atoms with van der Waals surface area (Å²) in [5.74, 6) is 11.1. The molecule has 0 radical (unpaired) electrons. The summed E-state index contributed by atoms with van der Waals surface area (Å²) in [5, 5.41) is 81.3. The fourth-order valence-electron chi connectivity index (χ4n) is 16.6. The number of aromatic nitrogens is 2. The molecule has 3 aromatic carbocycles. The Morgan fingerprint density at radius 3 is 2.48 bits per heavy atom. The third-order valence-electron chi connectivity index (χ3n) is 20.7. The number of ketones is 2. The van der Waals surface area contributed by atoms with E-state index in [1.165, 1.54) is 0 Å². The number of benzene rings is 3. The van der Waals surface area contributed by atoms with E-state index < -0.39 is 65.3 Å². The van der Waals surface area contributed by atoms with Crippen LogP contribution in [0.1, 0.15) is 164 Å². The highest BCUT2D eigenvalue weighted by Crippen LogP contribution is 2.65. The maximum absolute atomic E-state index is 16.7. The van der Waals surface area contributed by atoms with Crippen molar-refractivity contribution in [3.8, 4) is 40.9 Å². The molecule has 0 amide bonds. The molecule has 2 aliphatic heterocycles. The van der Waals surface area contributed by atoms with Crippen LogP contribution in [-0.2, 0) is 34.3 Å². The molecule has 2 aromatic heterocycles. The van der Waals surface area contributed by atoms with Crippen molar-refractivity contribution in [1.29, 1.82) is 0 Å². The highest BCUT2D eigenvalue weighted by molar-refractivity contribution is 6.06. The van der Waals surface area contributed by atoms with Gasteiger partial charge in [-0.3, -0.25) is 9.59 Å². The highest BCUT2D eigenvalue weighted by atomic mass is 16.5. The van der Waals surface area contributed by atoms with Crippen molar-refractivity contribution < 1.29 is 45.0 Å². The minimum absolute atomic E-state index is 0.0611. The number of hydrogen-bond acceptors (Lipinski definition) is 11. The van der Waals surface area contributed by atoms with Gasteiger partial charge in [-0.25, -0.2) is 0 Å². The van der Waals surface area contributed by atoms with E-state index in [-0.39, 0.29) is 84.6 Å². The molecule has 13 heteroatoms. The zero-order valence-corrected chi connectivity index (χ0v) is 46.8. The number of aryl methyl sites for hydroxylation is 2. The normalized spacial score (nSPS) is 30.0. The van der Waals surface area contributed by atoms with Crippen molar-refractivity contribution in [1.82, 2.24) is 15.3 Å². The molecule has 6 bridgehead atoms. The van der Waals surface area contributed by atoms with Crippen LogP contribution in [0.15, 0.2) is 84.7 Å². The number of phenols is 2. The summed E-state index contributed by atoms with van der Waals surface area (Å²) in [4.78, 5) is 39.2. The van der Waals surface area contributed by atoms with Crippen molar-refractivity contribution in [3.63, 3.8) is 0 Å². The van der Waals surface area contributed by atoms with Crippen molar-refractivity contribution in [3.05, 3.63) is 140 Å². The van der Waals surface area contributed by atoms with Crippen LogP contribution in [0.3, 0.4) is 0 Å². The average molecular weight is 1110 g/mol. The number of fused-ring (bicyclic) bond motifs is 9. The largest absolute Gasteiger partial charge is 0.507 e. The van der Waals surface area contributed by atoms with E-state index in [0.717, 1.165) is 96.9 Å². The van der Waals surface area contributed by atoms with E-state index in [1.807, 2.05) is 49.8 Å². The molecule has 10 N–H and O–H groups in total. The summed E-state index contributed by atoms with van der Waals surface area (Å²) in [6, 6.07) is 18.1. The van der Waals surface area contributed by atoms with Crippen LogP contribution in [0, 0.1) is 52.8 Å². The van der Waals surface area contributed by atoms with Crippen LogP contribution in [0.5, 0.6) is 17.2 Å². The Morgan fingerprint density at radius 2 is 1.66 bits per heavy atom. The van der Waals surface area contributed by atoms with Crippen LogP contribution in [0.2, 0.25) is 0 Å². The van der Waals surface area contributed by atoms with Crippen LogP contribution < -0.4 is 15.4 Å². The lowest BCUT2D eigenvalue weighted by molar-refractivity contribution is -0.135. The lowest BCUT2D eigenvalue weighted by atomic mass is 9.59. The minimum Gasteiger partial charge on any atom is -0.507 e. The third kappa shape index (κ3) is 9.32. The fraction of sp³-hybridized carbons (Fsp3) is 0.478. The Bertz CT molecular complexity index is 3520. The summed E-state index contributed by atoms with van der Waals surface area (Å²) in [5.41, 5.74) is 6.04. The van der Waals surface area contributed by atoms with E-state index in [0.29, 0.717) is 53.9 Å². The molecule has 2 spiro atoms. The number of aromatic amines is 2. The minimum atomic E-state index is -1.50. The number of nitrogens with one attached hydrogen (secondary N) is 4. The van der Waals surface area contributed by atoms with Gasteiger partial charge >= 0.3 is 0 Å². The maximum atomic E-state index is 16.7. The Labute approximate surface area is 480 Å². The number of rotatable bonds is 8. The number of Topliss-reactive ketones (excluding diaryl/α,β-unsaturated/α-hetero) is 2. The SMILES string of the molecule is CNC[C@H]1C#C[C@H]2Nc3[nH]ccc3Cc3cc4ccc3[C@]3(CCC5(CCCC5)[C@H]3C#CCC3=C2[C@H](C(=O)[C@@H](CCO)C(=O)CCc2cc(OC5CCCC5)c(O)c(c2)[C@@H]4O)[C@@H](C[C@@]2(O)C=Cc4c(O)cccc4CC2)c2cc[nH]c23)[C@@H]1O. The zero-order valence-electron chi connectivity index (χ0n) is 46.8. The van der Waals surface area contributed by atoms with Crippen LogP contribution in [-0.4, -0.2) is 96.2 Å². The second-order valence-corrected chi connectivity index (χ2v) is 25.2. The van der Waals surface area contributed by atoms with Gasteiger partial charge in [0.2, 0.25) is 0 Å². The number of phenolic OH excluding ortho intramolecular Hbond substituents is 2. The Balaban J connectivity index is 1.09. The molecular formula is C69H76N4O9. The smallest absolute Gasteiger partial charge is 0.163 e. The second kappa shape index (κ2) is 21.7. The molecule has 13 rings (SSSR count). The number of ether oxygens (including phenoxy) is 1. The fourth-order valence-corrected chi connectivity index (χ4v) is 16.6. The van der Waals surface area contributed by atoms with Gasteiger partial charge in [-0.1, -0.05) is 79.0 Å². The van der Waals surface area contributed by atoms with Gasteiger partial charge in [-0.15, -0.1) is 0 Å². The number of aromatic hydroxyl groups is 2. The predicted octanol–water partition coefficient (Wildman–Crippen LogP) is 9.39. The lowest BCUT2D eigenvalue weighted by Crippen LogP contribution is -2.51. The van der Waals surface area contributed by atoms with Gasteiger partial charge < -0.3 is 56.0 Å². The average Bonchev–Trinajstić information content (AvgIpc) is 2.92. The number of anilines is 1. The molecule has 0 unspecified atom stereocenters. The van der Waals surface area contributed by atoms with Gasteiger partial charge in [0.05, 0.1) is 35.6 Å². The molecule has 3 fully saturated rings. The zero-order chi connectivity index (χ0) is 56.5. The first kappa shape index (κ1) is 54.4. The molecule has 8 aliphatic rings. The Morgan fingerprint density at radius 1 is 0.829 bits per heavy atom. The second-order valence-electron chi connectivity index (χ2n) is 25.2. The van der Waals surface area contributed by atoms with Crippen LogP contribution in [0.4, 0.5) is 5.82 Å². The van der Waals surface area contributed by atoms with Gasteiger partial charge in [0.25, 0.3) is 0 Å². The van der Waals surface area contributed by atoms with Crippen molar-refractivity contribution >= 4 is 29.0 Å². The third-order valence-corrected chi connectivity index (χ3v) is 20.7. The van der Waals surface area contributed by atoms with Crippen LogP contribution in [0.25, 0.3) is 11.6 Å². The number of H-pyrrole nitrogens is 2. The standard InChI is InChI=1S/C69H76N4O9/c1-70-39-44-16-18-54-59-50-11-7-13-58-67(25-4-5-26-67)29-30-69(58,65(44)80)53-17-15-42(36-45(53)37-43-22-31-72-66(43)73-54)62(77)51-34-40(35-57(63(51)78)82-46-9-2-3-10-46)14-19-56(76)49(24-33-74)64(79)60(59)52(48-23-32-71-61(48)50)38-68(81)27-20-41-8-6-12-55(75)47(41)21-28-68/h6,8,12,15,17,21-23,28,31-32,34-36,44,46,49,52,54,58,60,62,65,70-75,77-78,80-81H,2-5,9-11,14,19-20,24-27,29-30,33,37-39H2,1H3/t44-,49+,52+,54-,58-,60-,62-,65-,68+,69+/m1/s1.